The number of methoxy groups -OCH3 is 1. The largest absolute Gasteiger partial charge is 0.497 e. The molecule has 0 bridgehead atoms. The van der Waals surface area contributed by atoms with E-state index in [1.54, 1.807) is 7.11 Å². The zero-order valence-electron chi connectivity index (χ0n) is 16.6. The second kappa shape index (κ2) is 9.02. The van der Waals surface area contributed by atoms with E-state index in [-0.39, 0.29) is 5.91 Å². The molecule has 0 spiro atoms. The fraction of sp³-hybridized carbons (Fsp3) is 0.571. The molecule has 1 aliphatic heterocycles. The Kier molecular flexibility index (Phi) is 6.48. The van der Waals surface area contributed by atoms with Crippen molar-refractivity contribution in [3.8, 4) is 5.75 Å². The normalized spacial score (nSPS) is 15.3. The molecule has 0 saturated carbocycles. The second-order valence-electron chi connectivity index (χ2n) is 7.63. The summed E-state index contributed by atoms with van der Waals surface area (Å²) < 4.78 is 7.39. The Hall–Kier alpha value is -2.37. The average molecular weight is 370 g/mol. The first kappa shape index (κ1) is 19.4. The summed E-state index contributed by atoms with van der Waals surface area (Å²) in [6.07, 6.45) is 6.15. The molecule has 0 radical (unpaired) electrons. The van der Waals surface area contributed by atoms with Crippen LogP contribution in [0.4, 0.5) is 0 Å². The van der Waals surface area contributed by atoms with Gasteiger partial charge in [0.05, 0.1) is 7.11 Å². The molecule has 3 rings (SSSR count). The van der Waals surface area contributed by atoms with Gasteiger partial charge in [-0.25, -0.2) is 0 Å². The predicted octanol–water partition coefficient (Wildman–Crippen LogP) is 3.28. The number of rotatable bonds is 7. The Morgan fingerprint density at radius 3 is 2.78 bits per heavy atom. The zero-order chi connectivity index (χ0) is 19.2. The van der Waals surface area contributed by atoms with E-state index in [0.717, 1.165) is 55.9 Å². The molecule has 1 fully saturated rings. The fourth-order valence-electron chi connectivity index (χ4n) is 3.73. The molecule has 0 atom stereocenters. The van der Waals surface area contributed by atoms with E-state index in [2.05, 4.69) is 28.6 Å². The molecule has 1 aromatic carbocycles. The van der Waals surface area contributed by atoms with Gasteiger partial charge in [0.15, 0.2) is 0 Å². The number of nitrogens with zero attached hydrogens (tertiary/aromatic N) is 4. The number of carbonyl (C=O) groups is 1. The summed E-state index contributed by atoms with van der Waals surface area (Å²) in [6.45, 7) is 5.99. The van der Waals surface area contributed by atoms with E-state index < -0.39 is 0 Å². The lowest BCUT2D eigenvalue weighted by Gasteiger charge is -2.32. The number of carbonyl (C=O) groups excluding carboxylic acids is 1. The van der Waals surface area contributed by atoms with E-state index in [9.17, 15) is 4.79 Å². The smallest absolute Gasteiger partial charge is 0.222 e. The highest BCUT2D eigenvalue weighted by Crippen LogP contribution is 2.23. The van der Waals surface area contributed by atoms with Crippen LogP contribution < -0.4 is 4.74 Å². The number of hydrogen-bond acceptors (Lipinski definition) is 4. The molecule has 146 valence electrons. The van der Waals surface area contributed by atoms with Gasteiger partial charge < -0.3 is 14.2 Å². The Morgan fingerprint density at radius 2 is 2.07 bits per heavy atom. The minimum atomic E-state index is 0.251. The molecule has 0 N–H and O–H groups in total. The van der Waals surface area contributed by atoms with Gasteiger partial charge in [-0.3, -0.25) is 4.79 Å². The molecule has 6 heteroatoms. The first-order valence-corrected chi connectivity index (χ1v) is 9.86. The third-order valence-electron chi connectivity index (χ3n) is 5.40. The van der Waals surface area contributed by atoms with Crippen molar-refractivity contribution in [1.82, 2.24) is 19.7 Å². The molecule has 0 unspecified atom stereocenters. The third kappa shape index (κ3) is 5.08. The molecule has 1 aliphatic rings. The number of aromatic nitrogens is 3. The van der Waals surface area contributed by atoms with Crippen LogP contribution in [0.1, 0.15) is 50.5 Å². The van der Waals surface area contributed by atoms with E-state index in [1.807, 2.05) is 35.5 Å². The molecular weight excluding hydrogens is 340 g/mol. The SMILES string of the molecule is COc1cccc(CCC(=O)N2CCC(Cc3nncn3C(C)C)CC2)c1. The fourth-order valence-corrected chi connectivity index (χ4v) is 3.73. The number of hydrogen-bond donors (Lipinski definition) is 0. The van der Waals surface area contributed by atoms with Gasteiger partial charge in [0.1, 0.15) is 17.9 Å². The highest BCUT2D eigenvalue weighted by molar-refractivity contribution is 5.76. The van der Waals surface area contributed by atoms with Gasteiger partial charge in [-0.2, -0.15) is 0 Å². The third-order valence-corrected chi connectivity index (χ3v) is 5.40. The van der Waals surface area contributed by atoms with Crippen molar-refractivity contribution < 1.29 is 9.53 Å². The molecule has 2 heterocycles. The highest BCUT2D eigenvalue weighted by Gasteiger charge is 2.24. The molecular formula is C21H30N4O2. The minimum Gasteiger partial charge on any atom is -0.497 e. The Balaban J connectivity index is 1.45. The lowest BCUT2D eigenvalue weighted by Crippen LogP contribution is -2.39. The van der Waals surface area contributed by atoms with Crippen molar-refractivity contribution >= 4 is 5.91 Å². The number of likely N-dealkylation sites (tertiary alicyclic amines) is 1. The number of aryl methyl sites for hydroxylation is 1. The zero-order valence-corrected chi connectivity index (χ0v) is 16.6. The van der Waals surface area contributed by atoms with Crippen molar-refractivity contribution in [2.75, 3.05) is 20.2 Å². The van der Waals surface area contributed by atoms with Crippen LogP contribution in [0.5, 0.6) is 5.75 Å². The van der Waals surface area contributed by atoms with Crippen molar-refractivity contribution in [3.63, 3.8) is 0 Å². The highest BCUT2D eigenvalue weighted by atomic mass is 16.5. The van der Waals surface area contributed by atoms with Crippen molar-refractivity contribution in [3.05, 3.63) is 42.0 Å². The topological polar surface area (TPSA) is 60.2 Å². The maximum atomic E-state index is 12.6. The molecule has 1 amide bonds. The summed E-state index contributed by atoms with van der Waals surface area (Å²) in [5, 5.41) is 8.34. The summed E-state index contributed by atoms with van der Waals surface area (Å²) in [5.41, 5.74) is 1.14. The van der Waals surface area contributed by atoms with E-state index >= 15 is 0 Å². The van der Waals surface area contributed by atoms with Crippen molar-refractivity contribution in [1.29, 1.82) is 0 Å². The summed E-state index contributed by atoms with van der Waals surface area (Å²) in [6, 6.07) is 8.33. The average Bonchev–Trinajstić information content (AvgIpc) is 3.15. The second-order valence-corrected chi connectivity index (χ2v) is 7.63. The van der Waals surface area contributed by atoms with Crippen LogP contribution in [0.25, 0.3) is 0 Å². The van der Waals surface area contributed by atoms with Crippen LogP contribution in [0.15, 0.2) is 30.6 Å². The minimum absolute atomic E-state index is 0.251. The molecule has 6 nitrogen and oxygen atoms in total. The van der Waals surface area contributed by atoms with Gasteiger partial charge >= 0.3 is 0 Å². The van der Waals surface area contributed by atoms with E-state index in [1.165, 1.54) is 0 Å². The van der Waals surface area contributed by atoms with Gasteiger partial charge in [-0.05, 0) is 56.7 Å². The van der Waals surface area contributed by atoms with Gasteiger partial charge in [0.25, 0.3) is 0 Å². The first-order valence-electron chi connectivity index (χ1n) is 9.86. The molecule has 27 heavy (non-hydrogen) atoms. The van der Waals surface area contributed by atoms with Crippen molar-refractivity contribution in [2.24, 2.45) is 5.92 Å². The Morgan fingerprint density at radius 1 is 1.30 bits per heavy atom. The summed E-state index contributed by atoms with van der Waals surface area (Å²) in [4.78, 5) is 14.6. The van der Waals surface area contributed by atoms with Crippen molar-refractivity contribution in [2.45, 2.75) is 52.0 Å². The summed E-state index contributed by atoms with van der Waals surface area (Å²) in [7, 11) is 1.66. The van der Waals surface area contributed by atoms with Gasteiger partial charge in [-0.1, -0.05) is 12.1 Å². The number of benzene rings is 1. The molecule has 1 saturated heterocycles. The van der Waals surface area contributed by atoms with Crippen LogP contribution in [-0.4, -0.2) is 45.8 Å². The predicted molar refractivity (Wildman–Crippen MR) is 105 cm³/mol. The van der Waals surface area contributed by atoms with Gasteiger partial charge in [0.2, 0.25) is 5.91 Å². The van der Waals surface area contributed by atoms with Crippen LogP contribution in [0, 0.1) is 5.92 Å². The molecule has 2 aromatic rings. The maximum absolute atomic E-state index is 12.6. The maximum Gasteiger partial charge on any atom is 0.222 e. The Labute approximate surface area is 161 Å². The van der Waals surface area contributed by atoms with Crippen LogP contribution in [0.2, 0.25) is 0 Å². The molecule has 1 aromatic heterocycles. The van der Waals surface area contributed by atoms with Gasteiger partial charge in [0, 0.05) is 32.0 Å². The number of amides is 1. The number of piperidine rings is 1. The standard InChI is InChI=1S/C21H30N4O2/c1-16(2)25-15-22-23-20(25)14-18-9-11-24(12-10-18)21(26)8-7-17-5-4-6-19(13-17)27-3/h4-6,13,15-16,18H,7-12,14H2,1-3H3. The van der Waals surface area contributed by atoms with E-state index in [0.29, 0.717) is 18.4 Å². The van der Waals surface area contributed by atoms with E-state index in [4.69, 9.17) is 4.74 Å². The summed E-state index contributed by atoms with van der Waals surface area (Å²) >= 11 is 0. The van der Waals surface area contributed by atoms with Crippen LogP contribution in [-0.2, 0) is 17.6 Å². The summed E-state index contributed by atoms with van der Waals surface area (Å²) in [5.74, 6) is 2.73. The van der Waals surface area contributed by atoms with Gasteiger partial charge in [-0.15, -0.1) is 10.2 Å². The Bertz CT molecular complexity index is 748. The number of ether oxygens (including phenoxy) is 1. The molecule has 0 aliphatic carbocycles. The monoisotopic (exact) mass is 370 g/mol. The quantitative estimate of drug-likeness (QED) is 0.750. The first-order chi connectivity index (χ1) is 13.1. The van der Waals surface area contributed by atoms with Crippen LogP contribution >= 0.6 is 0 Å². The van der Waals surface area contributed by atoms with Crippen LogP contribution in [0.3, 0.4) is 0 Å². The lowest BCUT2D eigenvalue weighted by molar-refractivity contribution is -0.132. The lowest BCUT2D eigenvalue weighted by atomic mass is 9.93.